The summed E-state index contributed by atoms with van der Waals surface area (Å²) in [5.74, 6) is 1.74. The van der Waals surface area contributed by atoms with Crippen molar-refractivity contribution >= 4 is 29.6 Å². The third-order valence-corrected chi connectivity index (χ3v) is 7.67. The summed E-state index contributed by atoms with van der Waals surface area (Å²) in [5.41, 5.74) is 4.50. The van der Waals surface area contributed by atoms with E-state index in [1.165, 1.54) is 11.1 Å². The van der Waals surface area contributed by atoms with Gasteiger partial charge in [-0.2, -0.15) is 0 Å². The first-order chi connectivity index (χ1) is 20.7. The Morgan fingerprint density at radius 3 is 2.35 bits per heavy atom. The molecule has 0 saturated carbocycles. The molecule has 9 heteroatoms. The molecule has 3 unspecified atom stereocenters. The number of aromatic nitrogens is 2. The fraction of sp³-hybridized carbons (Fsp3) is 0.529. The van der Waals surface area contributed by atoms with Crippen LogP contribution in [0.15, 0.2) is 48.5 Å². The number of imidazole rings is 1. The molecule has 1 aromatic heterocycles. The molecule has 9 nitrogen and oxygen atoms in total. The van der Waals surface area contributed by atoms with Crippen LogP contribution < -0.4 is 10.6 Å². The molecule has 0 radical (unpaired) electrons. The van der Waals surface area contributed by atoms with Gasteiger partial charge < -0.3 is 25.3 Å². The Labute approximate surface area is 257 Å². The maximum absolute atomic E-state index is 12.5. The summed E-state index contributed by atoms with van der Waals surface area (Å²) in [7, 11) is 3.77. The summed E-state index contributed by atoms with van der Waals surface area (Å²) >= 11 is 0. The van der Waals surface area contributed by atoms with Gasteiger partial charge in [-0.05, 0) is 64.3 Å². The van der Waals surface area contributed by atoms with Crippen molar-refractivity contribution in [1.29, 1.82) is 0 Å². The van der Waals surface area contributed by atoms with Crippen LogP contribution in [0.2, 0.25) is 0 Å². The van der Waals surface area contributed by atoms with Crippen LogP contribution in [0.4, 0.5) is 0 Å². The number of benzene rings is 2. The number of hydrogen-bond acceptors (Lipinski definition) is 6. The summed E-state index contributed by atoms with van der Waals surface area (Å²) in [6, 6.07) is 17.6. The van der Waals surface area contributed by atoms with Crippen LogP contribution in [0.25, 0.3) is 22.2 Å². The minimum atomic E-state index is 0.0185. The number of H-pyrrole nitrogens is 1. The summed E-state index contributed by atoms with van der Waals surface area (Å²) in [5, 5.41) is 5.18. The van der Waals surface area contributed by atoms with Gasteiger partial charge in [0.1, 0.15) is 12.1 Å². The van der Waals surface area contributed by atoms with E-state index in [0.717, 1.165) is 62.0 Å². The molecule has 4 rings (SSSR count). The fourth-order valence-electron chi connectivity index (χ4n) is 5.36. The highest BCUT2D eigenvalue weighted by molar-refractivity contribution is 5.92. The Morgan fingerprint density at radius 1 is 1.09 bits per heavy atom. The molecular weight excluding hydrogens is 540 g/mol. The maximum atomic E-state index is 12.5. The number of likely N-dealkylation sites (tertiary alicyclic amines) is 1. The smallest absolute Gasteiger partial charge is 0.222 e. The number of likely N-dealkylation sites (N-methyl/N-ethyl adjacent to an activating group) is 1. The normalized spacial score (nSPS) is 16.9. The van der Waals surface area contributed by atoms with Crippen molar-refractivity contribution in [3.05, 3.63) is 54.4 Å². The molecule has 1 aliphatic rings. The zero-order valence-corrected chi connectivity index (χ0v) is 27.1. The van der Waals surface area contributed by atoms with E-state index in [1.54, 1.807) is 7.05 Å². The first kappa shape index (κ1) is 35.6. The third-order valence-electron chi connectivity index (χ3n) is 7.67. The van der Waals surface area contributed by atoms with Crippen molar-refractivity contribution in [2.24, 2.45) is 5.92 Å². The minimum absolute atomic E-state index is 0.0185. The molecule has 3 aromatic rings. The van der Waals surface area contributed by atoms with E-state index in [9.17, 15) is 9.59 Å². The summed E-state index contributed by atoms with van der Waals surface area (Å²) in [6.45, 7) is 12.6. The molecule has 3 N–H and O–H groups in total. The average Bonchev–Trinajstić information content (AvgIpc) is 3.61. The van der Waals surface area contributed by atoms with Gasteiger partial charge in [0.25, 0.3) is 0 Å². The van der Waals surface area contributed by atoms with Crippen molar-refractivity contribution in [3.8, 4) is 11.1 Å². The van der Waals surface area contributed by atoms with E-state index in [0.29, 0.717) is 24.8 Å². The lowest BCUT2D eigenvalue weighted by molar-refractivity contribution is -0.132. The van der Waals surface area contributed by atoms with Gasteiger partial charge in [-0.15, -0.1) is 0 Å². The lowest BCUT2D eigenvalue weighted by Crippen LogP contribution is -2.36. The van der Waals surface area contributed by atoms with E-state index < -0.39 is 0 Å². The van der Waals surface area contributed by atoms with Crippen molar-refractivity contribution in [2.75, 3.05) is 33.7 Å². The molecule has 0 spiro atoms. The van der Waals surface area contributed by atoms with Gasteiger partial charge in [0.05, 0.1) is 23.1 Å². The Kier molecular flexibility index (Phi) is 15.6. The Morgan fingerprint density at radius 2 is 1.79 bits per heavy atom. The zero-order chi connectivity index (χ0) is 31.8. The zero-order valence-electron chi connectivity index (χ0n) is 27.1. The number of fused-ring (bicyclic) bond motifs is 1. The van der Waals surface area contributed by atoms with Crippen LogP contribution in [0.5, 0.6) is 0 Å². The topological polar surface area (TPSA) is 110 Å². The second kappa shape index (κ2) is 18.9. The second-order valence-corrected chi connectivity index (χ2v) is 11.4. The largest absolute Gasteiger partial charge is 0.362 e. The molecule has 3 atom stereocenters. The summed E-state index contributed by atoms with van der Waals surface area (Å²) in [6.07, 6.45) is 5.40. The third kappa shape index (κ3) is 10.9. The minimum Gasteiger partial charge on any atom is -0.362 e. The number of nitrogens with one attached hydrogen (secondary N) is 3. The van der Waals surface area contributed by atoms with Crippen LogP contribution >= 0.6 is 0 Å². The number of para-hydroxylation sites is 1. The summed E-state index contributed by atoms with van der Waals surface area (Å²) in [4.78, 5) is 44.5. The number of aldehydes is 1. The number of amides is 2. The molecule has 43 heavy (non-hydrogen) atoms. The highest BCUT2D eigenvalue weighted by Gasteiger charge is 2.33. The number of hydrogen-bond donors (Lipinski definition) is 3. The van der Waals surface area contributed by atoms with Gasteiger partial charge in [0.15, 0.2) is 0 Å². The van der Waals surface area contributed by atoms with Crippen molar-refractivity contribution in [2.45, 2.75) is 78.4 Å². The van der Waals surface area contributed by atoms with Crippen LogP contribution in [0.3, 0.4) is 0 Å². The van der Waals surface area contributed by atoms with Gasteiger partial charge in [-0.3, -0.25) is 14.5 Å². The molecule has 236 valence electrons. The van der Waals surface area contributed by atoms with Crippen molar-refractivity contribution < 1.29 is 14.4 Å². The van der Waals surface area contributed by atoms with E-state index in [-0.39, 0.29) is 18.0 Å². The monoisotopic (exact) mass is 592 g/mol. The van der Waals surface area contributed by atoms with Crippen LogP contribution in [-0.4, -0.2) is 84.2 Å². The van der Waals surface area contributed by atoms with E-state index in [4.69, 9.17) is 9.78 Å². The standard InChI is InChI=1S/C27H36N4O.C5H11NO.C2H5NO/c1-5-31(25(32)18-19(2)3)17-16-21-14-15-24(30(21)4)27-28-23-13-9-12-22(26(23)29-27)20-10-7-6-8-11-20;1-3-6-5(2)4-7;1-3-2-4/h6-13,19,21,24H,5,14-18H2,1-4H3,(H,28,29);4-6H,3H2,1-2H3;2H,1H3,(H,3,4). The molecule has 0 bridgehead atoms. The highest BCUT2D eigenvalue weighted by Crippen LogP contribution is 2.37. The Hall–Kier alpha value is -3.56. The Bertz CT molecular complexity index is 1250. The SMILES string of the molecule is CCN(CCC1CCC(c2nc3c(-c4ccccc4)cccc3[nH]2)N1C)C(=O)CC(C)C.CCNC(C)C=O.CNC=O. The van der Waals surface area contributed by atoms with Crippen LogP contribution in [0, 0.1) is 5.92 Å². The van der Waals surface area contributed by atoms with Gasteiger partial charge in [-0.25, -0.2) is 4.98 Å². The van der Waals surface area contributed by atoms with Gasteiger partial charge in [0, 0.05) is 38.2 Å². The fourth-order valence-corrected chi connectivity index (χ4v) is 5.36. The predicted octanol–water partition coefficient (Wildman–Crippen LogP) is 5.20. The number of aromatic amines is 1. The molecule has 2 heterocycles. The van der Waals surface area contributed by atoms with Crippen molar-refractivity contribution in [3.63, 3.8) is 0 Å². The number of rotatable bonds is 12. The second-order valence-electron chi connectivity index (χ2n) is 11.4. The first-order valence-electron chi connectivity index (χ1n) is 15.5. The van der Waals surface area contributed by atoms with E-state index in [2.05, 4.69) is 90.8 Å². The lowest BCUT2D eigenvalue weighted by Gasteiger charge is -2.28. The van der Waals surface area contributed by atoms with Gasteiger partial charge in [-0.1, -0.05) is 63.2 Å². The highest BCUT2D eigenvalue weighted by atomic mass is 16.2. The molecule has 0 aliphatic carbocycles. The van der Waals surface area contributed by atoms with Crippen molar-refractivity contribution in [1.82, 2.24) is 30.4 Å². The van der Waals surface area contributed by atoms with E-state index in [1.807, 2.05) is 24.8 Å². The predicted molar refractivity (Wildman–Crippen MR) is 176 cm³/mol. The van der Waals surface area contributed by atoms with Gasteiger partial charge >= 0.3 is 0 Å². The maximum Gasteiger partial charge on any atom is 0.222 e. The lowest BCUT2D eigenvalue weighted by atomic mass is 10.0. The number of carbonyl (C=O) groups is 3. The molecule has 2 aromatic carbocycles. The average molecular weight is 593 g/mol. The quantitative estimate of drug-likeness (QED) is 0.250. The number of carbonyl (C=O) groups excluding carboxylic acids is 3. The molecule has 1 fully saturated rings. The first-order valence-corrected chi connectivity index (χ1v) is 15.5. The van der Waals surface area contributed by atoms with E-state index >= 15 is 0 Å². The van der Waals surface area contributed by atoms with Gasteiger partial charge in [0.2, 0.25) is 12.3 Å². The molecule has 1 aliphatic heterocycles. The Balaban J connectivity index is 0.000000502. The summed E-state index contributed by atoms with van der Waals surface area (Å²) < 4.78 is 0. The molecule has 1 saturated heterocycles. The molecular formula is C34H52N6O3. The van der Waals surface area contributed by atoms with Crippen LogP contribution in [-0.2, 0) is 14.4 Å². The number of nitrogens with zero attached hydrogens (tertiary/aromatic N) is 3. The van der Waals surface area contributed by atoms with Crippen LogP contribution in [0.1, 0.15) is 72.2 Å². The molecule has 2 amide bonds.